The van der Waals surface area contributed by atoms with Crippen LogP contribution < -0.4 is 10.1 Å². The molecule has 3 rings (SSSR count). The van der Waals surface area contributed by atoms with Crippen LogP contribution in [-0.4, -0.2) is 46.5 Å². The number of methoxy groups -OCH3 is 1. The summed E-state index contributed by atoms with van der Waals surface area (Å²) in [6.07, 6.45) is 5.31. The van der Waals surface area contributed by atoms with E-state index in [0.717, 1.165) is 22.0 Å². The Morgan fingerprint density at radius 3 is 2.83 bits per heavy atom. The van der Waals surface area contributed by atoms with E-state index in [1.54, 1.807) is 19.5 Å². The number of carbonyl (C=O) groups excluding carboxylic acids is 1. The maximum Gasteiger partial charge on any atom is 0.230 e. The molecule has 0 atom stereocenters. The van der Waals surface area contributed by atoms with Gasteiger partial charge in [-0.25, -0.2) is 9.97 Å². The van der Waals surface area contributed by atoms with Gasteiger partial charge in [0, 0.05) is 37.8 Å². The molecule has 2 aromatic heterocycles. The third kappa shape index (κ3) is 5.82. The number of para-hydroxylation sites is 1. The van der Waals surface area contributed by atoms with Gasteiger partial charge in [-0.3, -0.25) is 9.36 Å². The number of benzene rings is 1. The zero-order chi connectivity index (χ0) is 20.5. The quantitative estimate of drug-likeness (QED) is 0.407. The van der Waals surface area contributed by atoms with Gasteiger partial charge in [0.2, 0.25) is 11.8 Å². The van der Waals surface area contributed by atoms with Crippen LogP contribution in [0.25, 0.3) is 5.69 Å². The molecule has 0 aliphatic carbocycles. The summed E-state index contributed by atoms with van der Waals surface area (Å²) in [7, 11) is 1.62. The highest BCUT2D eigenvalue weighted by Gasteiger charge is 2.11. The number of amides is 1. The molecule has 1 N–H and O–H groups in total. The van der Waals surface area contributed by atoms with Crippen molar-refractivity contribution in [2.75, 3.05) is 26.1 Å². The molecule has 3 aromatic rings. The molecular weight excluding hydrogens is 388 g/mol. The van der Waals surface area contributed by atoms with E-state index in [2.05, 4.69) is 28.3 Å². The van der Waals surface area contributed by atoms with E-state index in [4.69, 9.17) is 9.47 Å². The molecule has 1 amide bonds. The second-order valence-electron chi connectivity index (χ2n) is 6.24. The predicted octanol–water partition coefficient (Wildman–Crippen LogP) is 3.01. The summed E-state index contributed by atoms with van der Waals surface area (Å²) < 4.78 is 12.6. The van der Waals surface area contributed by atoms with E-state index in [1.165, 1.54) is 11.8 Å². The normalized spacial score (nSPS) is 10.7. The summed E-state index contributed by atoms with van der Waals surface area (Å²) in [5.41, 5.74) is 3.03. The molecular formula is C21H24N4O3S. The molecule has 0 saturated carbocycles. The second-order valence-corrected chi connectivity index (χ2v) is 7.18. The van der Waals surface area contributed by atoms with Gasteiger partial charge in [0.05, 0.1) is 18.0 Å². The largest absolute Gasteiger partial charge is 0.475 e. The Morgan fingerprint density at radius 1 is 1.14 bits per heavy atom. The molecule has 29 heavy (non-hydrogen) atoms. The van der Waals surface area contributed by atoms with E-state index in [9.17, 15) is 4.79 Å². The van der Waals surface area contributed by atoms with Crippen molar-refractivity contribution in [3.63, 3.8) is 0 Å². The number of imidazole rings is 1. The van der Waals surface area contributed by atoms with Crippen LogP contribution in [0.2, 0.25) is 0 Å². The van der Waals surface area contributed by atoms with Crippen molar-refractivity contribution in [1.29, 1.82) is 0 Å². The highest BCUT2D eigenvalue weighted by Crippen LogP contribution is 2.22. The molecule has 0 fully saturated rings. The van der Waals surface area contributed by atoms with Crippen LogP contribution >= 0.6 is 11.8 Å². The highest BCUT2D eigenvalue weighted by molar-refractivity contribution is 7.99. The molecule has 0 unspecified atom stereocenters. The summed E-state index contributed by atoms with van der Waals surface area (Å²) >= 11 is 1.40. The van der Waals surface area contributed by atoms with Gasteiger partial charge in [0.15, 0.2) is 5.16 Å². The monoisotopic (exact) mass is 412 g/mol. The fourth-order valence-electron chi connectivity index (χ4n) is 2.70. The summed E-state index contributed by atoms with van der Waals surface area (Å²) in [4.78, 5) is 21.0. The van der Waals surface area contributed by atoms with Crippen LogP contribution in [0.4, 0.5) is 0 Å². The molecule has 0 aliphatic heterocycles. The van der Waals surface area contributed by atoms with Gasteiger partial charge in [-0.1, -0.05) is 36.0 Å². The minimum absolute atomic E-state index is 0.0824. The van der Waals surface area contributed by atoms with Crippen molar-refractivity contribution >= 4 is 17.7 Å². The van der Waals surface area contributed by atoms with Gasteiger partial charge in [-0.2, -0.15) is 0 Å². The van der Waals surface area contributed by atoms with E-state index in [-0.39, 0.29) is 11.7 Å². The number of thioether (sulfide) groups is 1. The molecule has 8 heteroatoms. The van der Waals surface area contributed by atoms with Crippen LogP contribution in [0, 0.1) is 6.92 Å². The van der Waals surface area contributed by atoms with Crippen molar-refractivity contribution in [3.05, 3.63) is 66.1 Å². The first kappa shape index (κ1) is 20.9. The third-order valence-electron chi connectivity index (χ3n) is 4.17. The van der Waals surface area contributed by atoms with E-state index >= 15 is 0 Å². The molecule has 0 aliphatic rings. The van der Waals surface area contributed by atoms with Gasteiger partial charge >= 0.3 is 0 Å². The van der Waals surface area contributed by atoms with Crippen LogP contribution in [0.5, 0.6) is 5.88 Å². The molecule has 0 radical (unpaired) electrons. The summed E-state index contributed by atoms with van der Waals surface area (Å²) in [6, 6.07) is 11.8. The SMILES string of the molecule is COCCOc1ncccc1CNC(=O)CSc1nccn1-c1ccccc1C. The Labute approximate surface area is 174 Å². The maximum absolute atomic E-state index is 12.3. The number of ether oxygens (including phenoxy) is 2. The molecule has 1 aromatic carbocycles. The minimum atomic E-state index is -0.0824. The Balaban J connectivity index is 1.55. The second kappa shape index (κ2) is 10.6. The fraction of sp³-hybridized carbons (Fsp3) is 0.286. The molecule has 0 bridgehead atoms. The number of hydrogen-bond donors (Lipinski definition) is 1. The number of aromatic nitrogens is 3. The Morgan fingerprint density at radius 2 is 2.00 bits per heavy atom. The lowest BCUT2D eigenvalue weighted by atomic mass is 10.2. The Bertz CT molecular complexity index is 945. The Kier molecular flexibility index (Phi) is 7.66. The van der Waals surface area contributed by atoms with Crippen LogP contribution in [0.15, 0.2) is 60.1 Å². The third-order valence-corrected chi connectivity index (χ3v) is 5.13. The van der Waals surface area contributed by atoms with Gasteiger partial charge in [0.1, 0.15) is 6.61 Å². The van der Waals surface area contributed by atoms with Gasteiger partial charge < -0.3 is 14.8 Å². The maximum atomic E-state index is 12.3. The lowest BCUT2D eigenvalue weighted by Crippen LogP contribution is -2.25. The van der Waals surface area contributed by atoms with Crippen molar-refractivity contribution in [1.82, 2.24) is 19.9 Å². The zero-order valence-electron chi connectivity index (χ0n) is 16.5. The van der Waals surface area contributed by atoms with E-state index < -0.39 is 0 Å². The van der Waals surface area contributed by atoms with Crippen molar-refractivity contribution in [2.24, 2.45) is 0 Å². The number of nitrogens with zero attached hydrogens (tertiary/aromatic N) is 3. The smallest absolute Gasteiger partial charge is 0.230 e. The molecule has 7 nitrogen and oxygen atoms in total. The average molecular weight is 413 g/mol. The van der Waals surface area contributed by atoms with Crippen molar-refractivity contribution in [2.45, 2.75) is 18.6 Å². The minimum Gasteiger partial charge on any atom is -0.475 e. The molecule has 2 heterocycles. The topological polar surface area (TPSA) is 78.3 Å². The Hall–Kier alpha value is -2.84. The standard InChI is InChI=1S/C21H24N4O3S/c1-16-6-3-4-8-18(16)25-11-10-23-21(25)29-15-19(26)24-14-17-7-5-9-22-20(17)28-13-12-27-2/h3-11H,12-15H2,1-2H3,(H,24,26). The van der Waals surface area contributed by atoms with Gasteiger partial charge in [0.25, 0.3) is 0 Å². The van der Waals surface area contributed by atoms with Crippen LogP contribution in [-0.2, 0) is 16.1 Å². The van der Waals surface area contributed by atoms with Gasteiger partial charge in [-0.05, 0) is 24.6 Å². The first-order valence-corrected chi connectivity index (χ1v) is 10.2. The molecule has 0 spiro atoms. The number of hydrogen-bond acceptors (Lipinski definition) is 6. The number of pyridine rings is 1. The number of nitrogens with one attached hydrogen (secondary N) is 1. The first-order valence-electron chi connectivity index (χ1n) is 9.23. The number of rotatable bonds is 10. The fourth-order valence-corrected chi connectivity index (χ4v) is 3.49. The summed E-state index contributed by atoms with van der Waals surface area (Å²) in [5.74, 6) is 0.692. The number of aryl methyl sites for hydroxylation is 1. The molecule has 0 saturated heterocycles. The molecule has 152 valence electrons. The lowest BCUT2D eigenvalue weighted by molar-refractivity contribution is -0.118. The van der Waals surface area contributed by atoms with E-state index in [0.29, 0.717) is 25.6 Å². The van der Waals surface area contributed by atoms with Gasteiger partial charge in [-0.15, -0.1) is 0 Å². The van der Waals surface area contributed by atoms with Crippen LogP contribution in [0.1, 0.15) is 11.1 Å². The summed E-state index contributed by atoms with van der Waals surface area (Å²) in [6.45, 7) is 3.29. The van der Waals surface area contributed by atoms with Crippen molar-refractivity contribution < 1.29 is 14.3 Å². The van der Waals surface area contributed by atoms with E-state index in [1.807, 2.05) is 41.1 Å². The zero-order valence-corrected chi connectivity index (χ0v) is 17.3. The lowest BCUT2D eigenvalue weighted by Gasteiger charge is -2.11. The van der Waals surface area contributed by atoms with Crippen LogP contribution in [0.3, 0.4) is 0 Å². The summed E-state index contributed by atoms with van der Waals surface area (Å²) in [5, 5.41) is 3.69. The van der Waals surface area contributed by atoms with Crippen molar-refractivity contribution in [3.8, 4) is 11.6 Å². The predicted molar refractivity (Wildman–Crippen MR) is 112 cm³/mol. The highest BCUT2D eigenvalue weighted by atomic mass is 32.2. The average Bonchev–Trinajstić information content (AvgIpc) is 3.20. The number of carbonyl (C=O) groups is 1. The first-order chi connectivity index (χ1) is 14.2.